The van der Waals surface area contributed by atoms with E-state index in [1.165, 1.54) is 44.3 Å². The molecule has 18 heavy (non-hydrogen) atoms. The van der Waals surface area contributed by atoms with Crippen molar-refractivity contribution in [2.75, 3.05) is 38.8 Å². The first-order valence-corrected chi connectivity index (χ1v) is 8.82. The van der Waals surface area contributed by atoms with Crippen molar-refractivity contribution in [2.45, 2.75) is 52.4 Å². The summed E-state index contributed by atoms with van der Waals surface area (Å²) in [5.74, 6) is 1.30. The van der Waals surface area contributed by atoms with E-state index in [0.29, 0.717) is 5.41 Å². The number of rotatable bonds is 13. The van der Waals surface area contributed by atoms with Crippen LogP contribution in [0.15, 0.2) is 0 Å². The van der Waals surface area contributed by atoms with Crippen LogP contribution in [0.3, 0.4) is 0 Å². The Morgan fingerprint density at radius 3 is 2.44 bits per heavy atom. The molecule has 0 aliphatic rings. The van der Waals surface area contributed by atoms with Gasteiger partial charge in [-0.3, -0.25) is 0 Å². The van der Waals surface area contributed by atoms with Crippen LogP contribution < -0.4 is 5.32 Å². The van der Waals surface area contributed by atoms with Gasteiger partial charge in [-0.05, 0) is 43.1 Å². The van der Waals surface area contributed by atoms with Gasteiger partial charge in [0.05, 0.1) is 6.61 Å². The molecule has 110 valence electrons. The molecule has 0 aromatic carbocycles. The first-order chi connectivity index (χ1) is 8.74. The number of nitrogens with one attached hydrogen (secondary N) is 1. The fourth-order valence-corrected chi connectivity index (χ4v) is 2.88. The Morgan fingerprint density at radius 2 is 1.89 bits per heavy atom. The molecule has 1 unspecified atom stereocenters. The Hall–Kier alpha value is 0.270. The van der Waals surface area contributed by atoms with Gasteiger partial charge in [0.25, 0.3) is 0 Å². The summed E-state index contributed by atoms with van der Waals surface area (Å²) in [6, 6.07) is 0. The molecule has 0 aliphatic carbocycles. The summed E-state index contributed by atoms with van der Waals surface area (Å²) >= 11 is 1.97. The zero-order valence-electron chi connectivity index (χ0n) is 12.9. The summed E-state index contributed by atoms with van der Waals surface area (Å²) in [7, 11) is 1.77. The molecule has 0 bridgehead atoms. The molecule has 0 radical (unpaired) electrons. The van der Waals surface area contributed by atoms with Gasteiger partial charge in [0, 0.05) is 20.2 Å². The van der Waals surface area contributed by atoms with E-state index in [0.717, 1.165) is 19.7 Å². The van der Waals surface area contributed by atoms with Gasteiger partial charge in [0.1, 0.15) is 0 Å². The number of unbranched alkanes of at least 4 members (excludes halogenated alkanes) is 1. The van der Waals surface area contributed by atoms with Crippen LogP contribution in [0.25, 0.3) is 0 Å². The van der Waals surface area contributed by atoms with Crippen molar-refractivity contribution in [3.8, 4) is 0 Å². The van der Waals surface area contributed by atoms with Gasteiger partial charge in [0.15, 0.2) is 0 Å². The lowest BCUT2D eigenvalue weighted by atomic mass is 9.76. The van der Waals surface area contributed by atoms with Crippen LogP contribution in [0.4, 0.5) is 0 Å². The fraction of sp³-hybridized carbons (Fsp3) is 1.00. The Balaban J connectivity index is 4.15. The van der Waals surface area contributed by atoms with Crippen molar-refractivity contribution in [1.29, 1.82) is 0 Å². The maximum Gasteiger partial charge on any atom is 0.0587 e. The Kier molecular flexibility index (Phi) is 12.5. The average Bonchev–Trinajstić information content (AvgIpc) is 2.40. The van der Waals surface area contributed by atoms with E-state index in [1.807, 2.05) is 11.8 Å². The third-order valence-corrected chi connectivity index (χ3v) is 4.55. The molecule has 1 N–H and O–H groups in total. The van der Waals surface area contributed by atoms with E-state index in [9.17, 15) is 0 Å². The summed E-state index contributed by atoms with van der Waals surface area (Å²) in [5.41, 5.74) is 0.513. The van der Waals surface area contributed by atoms with E-state index in [1.54, 1.807) is 7.11 Å². The molecule has 0 aromatic rings. The number of hydrogen-bond donors (Lipinski definition) is 1. The monoisotopic (exact) mass is 275 g/mol. The standard InChI is InChI=1S/C15H33NOS/c1-5-7-9-15(6-2,10-8-13-18-4)14-16-11-12-17-3/h16H,5-14H2,1-4H3. The maximum absolute atomic E-state index is 5.10. The third kappa shape index (κ3) is 8.39. The van der Waals surface area contributed by atoms with Crippen molar-refractivity contribution < 1.29 is 4.74 Å². The predicted octanol–water partition coefficient (Wildman–Crippen LogP) is 3.95. The molecule has 0 saturated heterocycles. The Morgan fingerprint density at radius 1 is 1.17 bits per heavy atom. The summed E-state index contributed by atoms with van der Waals surface area (Å²) in [6.07, 6.45) is 10.3. The molecule has 1 atom stereocenters. The van der Waals surface area contributed by atoms with Gasteiger partial charge in [0.2, 0.25) is 0 Å². The van der Waals surface area contributed by atoms with Crippen LogP contribution in [0, 0.1) is 5.41 Å². The molecular formula is C15H33NOS. The van der Waals surface area contributed by atoms with Crippen molar-refractivity contribution >= 4 is 11.8 Å². The molecule has 0 heterocycles. The highest BCUT2D eigenvalue weighted by molar-refractivity contribution is 7.98. The van der Waals surface area contributed by atoms with Crippen LogP contribution in [0.1, 0.15) is 52.4 Å². The lowest BCUT2D eigenvalue weighted by molar-refractivity contribution is 0.176. The molecule has 0 aromatic heterocycles. The number of methoxy groups -OCH3 is 1. The van der Waals surface area contributed by atoms with Crippen molar-refractivity contribution in [2.24, 2.45) is 5.41 Å². The minimum absolute atomic E-state index is 0.513. The summed E-state index contributed by atoms with van der Waals surface area (Å²) in [4.78, 5) is 0. The molecule has 0 fully saturated rings. The molecule has 3 heteroatoms. The number of ether oxygens (including phenoxy) is 1. The maximum atomic E-state index is 5.10. The second-order valence-electron chi connectivity index (χ2n) is 5.22. The van der Waals surface area contributed by atoms with E-state index in [4.69, 9.17) is 4.74 Å². The topological polar surface area (TPSA) is 21.3 Å². The zero-order valence-corrected chi connectivity index (χ0v) is 13.7. The number of thioether (sulfide) groups is 1. The number of hydrogen-bond acceptors (Lipinski definition) is 3. The highest BCUT2D eigenvalue weighted by atomic mass is 32.2. The second kappa shape index (κ2) is 12.3. The van der Waals surface area contributed by atoms with E-state index in [2.05, 4.69) is 25.4 Å². The molecule has 0 rings (SSSR count). The van der Waals surface area contributed by atoms with Gasteiger partial charge in [-0.2, -0.15) is 11.8 Å². The Bertz CT molecular complexity index is 178. The zero-order chi connectivity index (χ0) is 13.7. The minimum atomic E-state index is 0.513. The highest BCUT2D eigenvalue weighted by Crippen LogP contribution is 2.33. The van der Waals surface area contributed by atoms with E-state index < -0.39 is 0 Å². The first kappa shape index (κ1) is 18.3. The van der Waals surface area contributed by atoms with Crippen molar-refractivity contribution in [3.63, 3.8) is 0 Å². The van der Waals surface area contributed by atoms with Gasteiger partial charge in [-0.25, -0.2) is 0 Å². The lowest BCUT2D eigenvalue weighted by Crippen LogP contribution is -2.35. The third-order valence-electron chi connectivity index (χ3n) is 3.85. The van der Waals surface area contributed by atoms with Gasteiger partial charge < -0.3 is 10.1 Å². The smallest absolute Gasteiger partial charge is 0.0587 e. The normalized spacial score (nSPS) is 14.7. The van der Waals surface area contributed by atoms with Crippen LogP contribution >= 0.6 is 11.8 Å². The molecule has 2 nitrogen and oxygen atoms in total. The van der Waals surface area contributed by atoms with Crippen molar-refractivity contribution in [1.82, 2.24) is 5.32 Å². The Labute approximate surface area is 119 Å². The van der Waals surface area contributed by atoms with Crippen LogP contribution in [0.5, 0.6) is 0 Å². The van der Waals surface area contributed by atoms with E-state index in [-0.39, 0.29) is 0 Å². The minimum Gasteiger partial charge on any atom is -0.383 e. The largest absolute Gasteiger partial charge is 0.383 e. The molecule has 0 spiro atoms. The van der Waals surface area contributed by atoms with E-state index >= 15 is 0 Å². The summed E-state index contributed by atoms with van der Waals surface area (Å²) in [6.45, 7) is 7.60. The fourth-order valence-electron chi connectivity index (χ4n) is 2.45. The average molecular weight is 276 g/mol. The molecule has 0 amide bonds. The summed E-state index contributed by atoms with van der Waals surface area (Å²) < 4.78 is 5.10. The first-order valence-electron chi connectivity index (χ1n) is 7.43. The van der Waals surface area contributed by atoms with Crippen molar-refractivity contribution in [3.05, 3.63) is 0 Å². The second-order valence-corrected chi connectivity index (χ2v) is 6.21. The van der Waals surface area contributed by atoms with Gasteiger partial charge in [-0.1, -0.05) is 26.7 Å². The molecule has 0 aliphatic heterocycles. The predicted molar refractivity (Wildman–Crippen MR) is 84.6 cm³/mol. The molecular weight excluding hydrogens is 242 g/mol. The SMILES string of the molecule is CCCCC(CC)(CCCSC)CNCCOC. The molecule has 0 saturated carbocycles. The van der Waals surface area contributed by atoms with Gasteiger partial charge >= 0.3 is 0 Å². The summed E-state index contributed by atoms with van der Waals surface area (Å²) in [5, 5.41) is 3.58. The van der Waals surface area contributed by atoms with Crippen LogP contribution in [-0.4, -0.2) is 38.8 Å². The van der Waals surface area contributed by atoms with Gasteiger partial charge in [-0.15, -0.1) is 0 Å². The quantitative estimate of drug-likeness (QED) is 0.514. The highest BCUT2D eigenvalue weighted by Gasteiger charge is 2.26. The van der Waals surface area contributed by atoms with Crippen LogP contribution in [-0.2, 0) is 4.74 Å². The van der Waals surface area contributed by atoms with Crippen LogP contribution in [0.2, 0.25) is 0 Å². The lowest BCUT2D eigenvalue weighted by Gasteiger charge is -2.33.